The van der Waals surface area contributed by atoms with Crippen molar-refractivity contribution in [2.24, 2.45) is 5.92 Å². The first-order valence-electron chi connectivity index (χ1n) is 5.80. The lowest BCUT2D eigenvalue weighted by atomic mass is 10.1. The van der Waals surface area contributed by atoms with Crippen LogP contribution in [-0.2, 0) is 11.3 Å². The Morgan fingerprint density at radius 1 is 1.63 bits per heavy atom. The van der Waals surface area contributed by atoms with Crippen LogP contribution in [0.3, 0.4) is 0 Å². The van der Waals surface area contributed by atoms with Crippen molar-refractivity contribution >= 4 is 17.2 Å². The van der Waals surface area contributed by atoms with E-state index in [0.717, 1.165) is 11.0 Å². The fourth-order valence-corrected chi connectivity index (χ4v) is 2.62. The van der Waals surface area contributed by atoms with E-state index in [1.807, 2.05) is 0 Å². The summed E-state index contributed by atoms with van der Waals surface area (Å²) < 4.78 is 39.4. The predicted octanol–water partition coefficient (Wildman–Crippen LogP) is 3.00. The highest BCUT2D eigenvalue weighted by Gasteiger charge is 2.53. The molecule has 7 heteroatoms. The summed E-state index contributed by atoms with van der Waals surface area (Å²) in [5, 5.41) is 0. The van der Waals surface area contributed by atoms with Gasteiger partial charge in [0.05, 0.1) is 12.1 Å². The Morgan fingerprint density at radius 2 is 2.32 bits per heavy atom. The minimum atomic E-state index is -4.41. The molecule has 2 rings (SSSR count). The van der Waals surface area contributed by atoms with E-state index in [9.17, 15) is 18.0 Å². The first kappa shape index (κ1) is 14.0. The molecule has 0 aliphatic heterocycles. The van der Waals surface area contributed by atoms with Crippen LogP contribution in [0.2, 0.25) is 0 Å². The van der Waals surface area contributed by atoms with Crippen LogP contribution in [0.5, 0.6) is 0 Å². The third kappa shape index (κ3) is 3.34. The van der Waals surface area contributed by atoms with Crippen molar-refractivity contribution in [1.29, 1.82) is 0 Å². The van der Waals surface area contributed by atoms with Crippen molar-refractivity contribution in [3.8, 4) is 0 Å². The number of aromatic nitrogens is 1. The van der Waals surface area contributed by atoms with Gasteiger partial charge in [-0.15, -0.1) is 11.3 Å². The summed E-state index contributed by atoms with van der Waals surface area (Å²) >= 11 is 1.23. The van der Waals surface area contributed by atoms with Crippen LogP contribution in [0.4, 0.5) is 13.2 Å². The van der Waals surface area contributed by atoms with E-state index in [4.69, 9.17) is 0 Å². The Labute approximate surface area is 112 Å². The summed E-state index contributed by atoms with van der Waals surface area (Å²) in [6, 6.07) is -1.72. The monoisotopic (exact) mass is 290 g/mol. The molecule has 1 aromatic heterocycles. The second-order valence-corrected chi connectivity index (χ2v) is 5.43. The number of rotatable bonds is 5. The van der Waals surface area contributed by atoms with Gasteiger partial charge in [0.15, 0.2) is 0 Å². The molecular weight excluding hydrogens is 277 g/mol. The normalized spacial score (nSPS) is 17.0. The third-order valence-electron chi connectivity index (χ3n) is 3.01. The fraction of sp³-hybridized carbons (Fsp3) is 0.500. The van der Waals surface area contributed by atoms with Crippen LogP contribution in [0.15, 0.2) is 24.4 Å². The zero-order valence-corrected chi connectivity index (χ0v) is 10.9. The third-order valence-corrected chi connectivity index (χ3v) is 3.77. The quantitative estimate of drug-likeness (QED) is 0.781. The largest absolute Gasteiger partial charge is 0.409 e. The Morgan fingerprint density at radius 3 is 2.74 bits per heavy atom. The zero-order chi connectivity index (χ0) is 14.0. The molecule has 1 aliphatic rings. The summed E-state index contributed by atoms with van der Waals surface area (Å²) in [7, 11) is 0. The van der Waals surface area contributed by atoms with E-state index in [1.54, 1.807) is 0 Å². The summed E-state index contributed by atoms with van der Waals surface area (Å²) in [5.41, 5.74) is 1.53. The molecule has 0 N–H and O–H groups in total. The number of nitrogens with zero attached hydrogens (tertiary/aromatic N) is 2. The molecule has 1 saturated carbocycles. The van der Waals surface area contributed by atoms with Crippen LogP contribution in [0.1, 0.15) is 17.7 Å². The van der Waals surface area contributed by atoms with Gasteiger partial charge in [0.25, 0.3) is 0 Å². The number of hydrogen-bond acceptors (Lipinski definition) is 3. The highest BCUT2D eigenvalue weighted by atomic mass is 32.1. The van der Waals surface area contributed by atoms with Crippen molar-refractivity contribution < 1.29 is 18.0 Å². The minimum absolute atomic E-state index is 0.0732. The van der Waals surface area contributed by atoms with Gasteiger partial charge in [-0.2, -0.15) is 13.2 Å². The molecule has 0 spiro atoms. The lowest BCUT2D eigenvalue weighted by Crippen LogP contribution is -2.49. The van der Waals surface area contributed by atoms with Crippen LogP contribution in [0, 0.1) is 5.92 Å². The second-order valence-electron chi connectivity index (χ2n) is 4.46. The Hall–Kier alpha value is -1.37. The molecule has 0 aromatic carbocycles. The number of amides is 1. The maximum atomic E-state index is 13.1. The highest BCUT2D eigenvalue weighted by Crippen LogP contribution is 2.43. The van der Waals surface area contributed by atoms with Crippen molar-refractivity contribution in [3.63, 3.8) is 0 Å². The smallest absolute Gasteiger partial charge is 0.322 e. The molecule has 3 nitrogen and oxygen atoms in total. The van der Waals surface area contributed by atoms with Crippen LogP contribution in [-0.4, -0.2) is 28.0 Å². The maximum Gasteiger partial charge on any atom is 0.409 e. The number of halogens is 3. The Bertz CT molecular complexity index is 454. The van der Waals surface area contributed by atoms with Gasteiger partial charge >= 0.3 is 6.18 Å². The molecule has 1 amide bonds. The van der Waals surface area contributed by atoms with E-state index in [1.165, 1.54) is 23.0 Å². The first-order valence-corrected chi connectivity index (χ1v) is 6.68. The average molecular weight is 290 g/mol. The molecule has 0 radical (unpaired) electrons. The summed E-state index contributed by atoms with van der Waals surface area (Å²) in [6.07, 6.45) is -0.984. The highest BCUT2D eigenvalue weighted by molar-refractivity contribution is 7.09. The van der Waals surface area contributed by atoms with E-state index in [0.29, 0.717) is 17.7 Å². The Balaban J connectivity index is 2.24. The van der Waals surface area contributed by atoms with Gasteiger partial charge in [-0.1, -0.05) is 6.58 Å². The molecule has 0 saturated heterocycles. The average Bonchev–Trinajstić information content (AvgIpc) is 3.01. The minimum Gasteiger partial charge on any atom is -0.322 e. The van der Waals surface area contributed by atoms with Crippen molar-refractivity contribution in [1.82, 2.24) is 9.88 Å². The number of carbonyl (C=O) groups excluding carboxylic acids is 1. The molecule has 104 valence electrons. The van der Waals surface area contributed by atoms with Gasteiger partial charge in [-0.3, -0.25) is 9.78 Å². The SMILES string of the molecule is C=CC(=O)N(Cc1cncs1)C(C1CC1)C(F)(F)F. The van der Waals surface area contributed by atoms with Crippen LogP contribution in [0.25, 0.3) is 0 Å². The molecule has 1 unspecified atom stereocenters. The molecule has 1 fully saturated rings. The number of alkyl halides is 3. The molecular formula is C12H13F3N2OS. The van der Waals surface area contributed by atoms with Crippen molar-refractivity contribution in [2.45, 2.75) is 31.6 Å². The van der Waals surface area contributed by atoms with Crippen molar-refractivity contribution in [2.75, 3.05) is 0 Å². The van der Waals surface area contributed by atoms with E-state index in [-0.39, 0.29) is 6.54 Å². The number of hydrogen-bond donors (Lipinski definition) is 0. The number of thiazole rings is 1. The van der Waals surface area contributed by atoms with Crippen LogP contribution < -0.4 is 0 Å². The molecule has 1 aromatic rings. The Kier molecular flexibility index (Phi) is 3.93. The van der Waals surface area contributed by atoms with Gasteiger partial charge in [-0.05, 0) is 24.8 Å². The zero-order valence-electron chi connectivity index (χ0n) is 10.1. The fourth-order valence-electron chi connectivity index (χ4n) is 2.03. The summed E-state index contributed by atoms with van der Waals surface area (Å²) in [4.78, 5) is 17.1. The lowest BCUT2D eigenvalue weighted by Gasteiger charge is -2.32. The topological polar surface area (TPSA) is 33.2 Å². The first-order chi connectivity index (χ1) is 8.93. The van der Waals surface area contributed by atoms with Gasteiger partial charge < -0.3 is 4.90 Å². The molecule has 1 heterocycles. The number of carbonyl (C=O) groups is 1. The second kappa shape index (κ2) is 5.32. The molecule has 0 bridgehead atoms. The molecule has 1 aliphatic carbocycles. The standard InChI is InChI=1S/C12H13F3N2OS/c1-2-10(18)17(6-9-5-16-7-19-9)11(8-3-4-8)12(13,14)15/h2,5,7-8,11H,1,3-4,6H2. The van der Waals surface area contributed by atoms with Crippen LogP contribution >= 0.6 is 11.3 Å². The van der Waals surface area contributed by atoms with Crippen molar-refractivity contribution in [3.05, 3.63) is 29.2 Å². The predicted molar refractivity (Wildman–Crippen MR) is 65.4 cm³/mol. The summed E-state index contributed by atoms with van der Waals surface area (Å²) in [5.74, 6) is -1.18. The lowest BCUT2D eigenvalue weighted by molar-refractivity contribution is -0.194. The van der Waals surface area contributed by atoms with E-state index in [2.05, 4.69) is 11.6 Å². The van der Waals surface area contributed by atoms with Gasteiger partial charge in [0, 0.05) is 11.1 Å². The van der Waals surface area contributed by atoms with E-state index >= 15 is 0 Å². The van der Waals surface area contributed by atoms with E-state index < -0.39 is 24.0 Å². The van der Waals surface area contributed by atoms with Gasteiger partial charge in [0.1, 0.15) is 6.04 Å². The molecule has 1 atom stereocenters. The maximum absolute atomic E-state index is 13.1. The molecule has 19 heavy (non-hydrogen) atoms. The van der Waals surface area contributed by atoms with Gasteiger partial charge in [-0.25, -0.2) is 0 Å². The summed E-state index contributed by atoms with van der Waals surface area (Å²) in [6.45, 7) is 3.21. The van der Waals surface area contributed by atoms with Gasteiger partial charge in [0.2, 0.25) is 5.91 Å².